The number of hydrogen-bond donors (Lipinski definition) is 2. The van der Waals surface area contributed by atoms with E-state index in [-0.39, 0.29) is 11.8 Å². The number of amides is 2. The Morgan fingerprint density at radius 3 is 2.00 bits per heavy atom. The van der Waals surface area contributed by atoms with Gasteiger partial charge in [-0.2, -0.15) is 0 Å². The van der Waals surface area contributed by atoms with E-state index in [1.54, 1.807) is 42.5 Å². The van der Waals surface area contributed by atoms with Crippen molar-refractivity contribution in [2.75, 3.05) is 32.0 Å². The van der Waals surface area contributed by atoms with Gasteiger partial charge in [0.15, 0.2) is 11.5 Å². The summed E-state index contributed by atoms with van der Waals surface area (Å²) in [4.78, 5) is 23.3. The van der Waals surface area contributed by atoms with Gasteiger partial charge >= 0.3 is 0 Å². The molecule has 0 spiro atoms. The van der Waals surface area contributed by atoms with Gasteiger partial charge in [0.05, 0.1) is 21.3 Å². The van der Waals surface area contributed by atoms with Crippen LogP contribution in [0.1, 0.15) is 12.5 Å². The fourth-order valence-electron chi connectivity index (χ4n) is 2.43. The van der Waals surface area contributed by atoms with Crippen LogP contribution >= 0.6 is 0 Å². The van der Waals surface area contributed by atoms with Gasteiger partial charge in [-0.05, 0) is 42.0 Å². The first-order chi connectivity index (χ1) is 13.0. The maximum Gasteiger partial charge on any atom is 0.248 e. The summed E-state index contributed by atoms with van der Waals surface area (Å²) < 4.78 is 15.9. The molecule has 2 aromatic carbocycles. The Labute approximate surface area is 157 Å². The quantitative estimate of drug-likeness (QED) is 0.730. The van der Waals surface area contributed by atoms with Crippen LogP contribution in [0.3, 0.4) is 0 Å². The second kappa shape index (κ2) is 9.28. The van der Waals surface area contributed by atoms with Gasteiger partial charge in [-0.25, -0.2) is 0 Å². The largest absolute Gasteiger partial charge is 0.493 e. The summed E-state index contributed by atoms with van der Waals surface area (Å²) in [7, 11) is 4.58. The van der Waals surface area contributed by atoms with Gasteiger partial charge in [0.2, 0.25) is 17.6 Å². The third-order valence-electron chi connectivity index (χ3n) is 3.56. The van der Waals surface area contributed by atoms with E-state index >= 15 is 0 Å². The number of anilines is 2. The molecule has 0 heterocycles. The summed E-state index contributed by atoms with van der Waals surface area (Å²) in [6.07, 6.45) is 3.03. The van der Waals surface area contributed by atoms with Crippen molar-refractivity contribution >= 4 is 29.3 Å². The Morgan fingerprint density at radius 1 is 0.889 bits per heavy atom. The smallest absolute Gasteiger partial charge is 0.248 e. The topological polar surface area (TPSA) is 85.9 Å². The van der Waals surface area contributed by atoms with Crippen LogP contribution in [0.25, 0.3) is 6.08 Å². The monoisotopic (exact) mass is 370 g/mol. The van der Waals surface area contributed by atoms with Crippen LogP contribution in [-0.2, 0) is 9.59 Å². The molecule has 2 amide bonds. The molecule has 0 fully saturated rings. The molecule has 0 saturated carbocycles. The molecule has 2 N–H and O–H groups in total. The number of methoxy groups -OCH3 is 3. The molecule has 142 valence electrons. The number of benzene rings is 2. The maximum absolute atomic E-state index is 12.2. The average Bonchev–Trinajstić information content (AvgIpc) is 2.65. The van der Waals surface area contributed by atoms with Crippen LogP contribution in [0.2, 0.25) is 0 Å². The Kier molecular flexibility index (Phi) is 6.82. The summed E-state index contributed by atoms with van der Waals surface area (Å²) >= 11 is 0. The lowest BCUT2D eigenvalue weighted by Gasteiger charge is -2.12. The zero-order valence-electron chi connectivity index (χ0n) is 15.7. The van der Waals surface area contributed by atoms with E-state index in [1.165, 1.54) is 34.3 Å². The lowest BCUT2D eigenvalue weighted by Crippen LogP contribution is -2.09. The Hall–Kier alpha value is -3.48. The van der Waals surface area contributed by atoms with Gasteiger partial charge in [-0.3, -0.25) is 9.59 Å². The van der Waals surface area contributed by atoms with E-state index in [9.17, 15) is 9.59 Å². The van der Waals surface area contributed by atoms with Crippen LogP contribution in [0.15, 0.2) is 42.5 Å². The first-order valence-corrected chi connectivity index (χ1v) is 8.13. The summed E-state index contributed by atoms with van der Waals surface area (Å²) in [5, 5.41) is 5.41. The highest BCUT2D eigenvalue weighted by atomic mass is 16.5. The zero-order valence-corrected chi connectivity index (χ0v) is 15.7. The molecule has 2 aromatic rings. The fraction of sp³-hybridized carbons (Fsp3) is 0.200. The zero-order chi connectivity index (χ0) is 19.8. The summed E-state index contributed by atoms with van der Waals surface area (Å²) in [5.74, 6) is 0.987. The second-order valence-electron chi connectivity index (χ2n) is 5.54. The van der Waals surface area contributed by atoms with E-state index in [0.717, 1.165) is 0 Å². The number of ether oxygens (including phenoxy) is 3. The molecule has 0 aliphatic heterocycles. The number of hydrogen-bond acceptors (Lipinski definition) is 5. The van der Waals surface area contributed by atoms with Gasteiger partial charge in [0, 0.05) is 24.4 Å². The van der Waals surface area contributed by atoms with Gasteiger partial charge in [-0.1, -0.05) is 6.07 Å². The summed E-state index contributed by atoms with van der Waals surface area (Å²) in [6, 6.07) is 10.4. The highest BCUT2D eigenvalue weighted by molar-refractivity contribution is 6.02. The minimum absolute atomic E-state index is 0.180. The highest BCUT2D eigenvalue weighted by Gasteiger charge is 2.12. The molecule has 0 aliphatic carbocycles. The first kappa shape index (κ1) is 19.8. The van der Waals surface area contributed by atoms with Crippen molar-refractivity contribution in [1.82, 2.24) is 0 Å². The maximum atomic E-state index is 12.2. The van der Waals surface area contributed by atoms with Gasteiger partial charge in [0.25, 0.3) is 0 Å². The Balaban J connectivity index is 2.14. The molecule has 7 nitrogen and oxygen atoms in total. The molecular weight excluding hydrogens is 348 g/mol. The number of carbonyl (C=O) groups excluding carboxylic acids is 2. The van der Waals surface area contributed by atoms with Crippen molar-refractivity contribution < 1.29 is 23.8 Å². The summed E-state index contributed by atoms with van der Waals surface area (Å²) in [5.41, 5.74) is 1.89. The van der Waals surface area contributed by atoms with Crippen LogP contribution in [0.4, 0.5) is 11.4 Å². The SMILES string of the molecule is COc1cc(/C=C/C(=O)Nc2cccc(NC(C)=O)c2)cc(OC)c1OC. The standard InChI is InChI=1S/C20H22N2O5/c1-13(23)21-15-6-5-7-16(12-15)22-19(24)9-8-14-10-17(25-2)20(27-4)18(11-14)26-3/h5-12H,1-4H3,(H,21,23)(H,22,24)/b9-8+. The van der Waals surface area contributed by atoms with Crippen LogP contribution < -0.4 is 24.8 Å². The minimum atomic E-state index is -0.316. The minimum Gasteiger partial charge on any atom is -0.493 e. The van der Waals surface area contributed by atoms with Crippen molar-refractivity contribution in [3.8, 4) is 17.2 Å². The molecule has 0 atom stereocenters. The lowest BCUT2D eigenvalue weighted by molar-refractivity contribution is -0.114. The van der Waals surface area contributed by atoms with Crippen LogP contribution in [0, 0.1) is 0 Å². The molecule has 0 unspecified atom stereocenters. The molecule has 0 aliphatic rings. The summed E-state index contributed by atoms with van der Waals surface area (Å²) in [6.45, 7) is 1.42. The Morgan fingerprint density at radius 2 is 1.48 bits per heavy atom. The highest BCUT2D eigenvalue weighted by Crippen LogP contribution is 2.38. The van der Waals surface area contributed by atoms with Crippen molar-refractivity contribution in [2.45, 2.75) is 6.92 Å². The predicted molar refractivity (Wildman–Crippen MR) is 105 cm³/mol. The van der Waals surface area contributed by atoms with Crippen LogP contribution in [-0.4, -0.2) is 33.1 Å². The number of carbonyl (C=O) groups is 2. The molecule has 0 aromatic heterocycles. The number of rotatable bonds is 7. The average molecular weight is 370 g/mol. The normalized spacial score (nSPS) is 10.4. The van der Waals surface area contributed by atoms with Crippen molar-refractivity contribution in [3.63, 3.8) is 0 Å². The molecule has 2 rings (SSSR count). The van der Waals surface area contributed by atoms with E-state index in [2.05, 4.69) is 10.6 Å². The molecule has 0 bridgehead atoms. The first-order valence-electron chi connectivity index (χ1n) is 8.13. The van der Waals surface area contributed by atoms with E-state index in [0.29, 0.717) is 34.2 Å². The third kappa shape index (κ3) is 5.50. The van der Waals surface area contributed by atoms with Gasteiger partial charge in [0.1, 0.15) is 0 Å². The predicted octanol–water partition coefficient (Wildman–Crippen LogP) is 3.32. The van der Waals surface area contributed by atoms with Crippen molar-refractivity contribution in [3.05, 3.63) is 48.0 Å². The van der Waals surface area contributed by atoms with Crippen molar-refractivity contribution in [2.24, 2.45) is 0 Å². The molecule has 0 saturated heterocycles. The van der Waals surface area contributed by atoms with E-state index in [4.69, 9.17) is 14.2 Å². The molecule has 27 heavy (non-hydrogen) atoms. The molecule has 7 heteroatoms. The van der Waals surface area contributed by atoms with E-state index in [1.807, 2.05) is 0 Å². The van der Waals surface area contributed by atoms with Crippen LogP contribution in [0.5, 0.6) is 17.2 Å². The Bertz CT molecular complexity index is 836. The third-order valence-corrected chi connectivity index (χ3v) is 3.56. The molecular formula is C20H22N2O5. The van der Waals surface area contributed by atoms with E-state index < -0.39 is 0 Å². The lowest BCUT2D eigenvalue weighted by atomic mass is 10.1. The van der Waals surface area contributed by atoms with Crippen molar-refractivity contribution in [1.29, 1.82) is 0 Å². The second-order valence-corrected chi connectivity index (χ2v) is 5.54. The van der Waals surface area contributed by atoms with Gasteiger partial charge < -0.3 is 24.8 Å². The number of nitrogens with one attached hydrogen (secondary N) is 2. The fourth-order valence-corrected chi connectivity index (χ4v) is 2.43. The van der Waals surface area contributed by atoms with Gasteiger partial charge in [-0.15, -0.1) is 0 Å². The molecule has 0 radical (unpaired) electrons.